The van der Waals surface area contributed by atoms with Crippen LogP contribution >= 0.6 is 0 Å². The van der Waals surface area contributed by atoms with Crippen molar-refractivity contribution in [1.29, 1.82) is 0 Å². The second kappa shape index (κ2) is 1.70. The van der Waals surface area contributed by atoms with Gasteiger partial charge in [-0.15, -0.1) is 0 Å². The lowest BCUT2D eigenvalue weighted by Crippen LogP contribution is -2.33. The van der Waals surface area contributed by atoms with Gasteiger partial charge in [-0.25, -0.2) is 0 Å². The second-order valence-corrected chi connectivity index (χ2v) is 3.42. The van der Waals surface area contributed by atoms with Gasteiger partial charge in [0.05, 0.1) is 0 Å². The van der Waals surface area contributed by atoms with Gasteiger partial charge < -0.3 is 11.1 Å². The van der Waals surface area contributed by atoms with Gasteiger partial charge in [-0.2, -0.15) is 0 Å². The summed E-state index contributed by atoms with van der Waals surface area (Å²) in [6.07, 6.45) is 2.70. The maximum atomic E-state index is 5.65. The Balaban J connectivity index is 2.01. The first-order valence-electron chi connectivity index (χ1n) is 3.78. The molecular weight excluding hydrogens is 112 g/mol. The molecule has 2 fully saturated rings. The molecule has 52 valence electrons. The monoisotopic (exact) mass is 126 g/mol. The Kier molecular flexibility index (Phi) is 1.08. The minimum Gasteiger partial charge on any atom is -0.330 e. The molecule has 2 rings (SSSR count). The van der Waals surface area contributed by atoms with Crippen molar-refractivity contribution in [2.75, 3.05) is 19.6 Å². The molecule has 0 aromatic carbocycles. The van der Waals surface area contributed by atoms with E-state index in [1.807, 2.05) is 0 Å². The molecule has 1 aliphatic heterocycles. The summed E-state index contributed by atoms with van der Waals surface area (Å²) in [7, 11) is 0. The number of nitrogens with two attached hydrogens (primary N) is 1. The van der Waals surface area contributed by atoms with Crippen LogP contribution < -0.4 is 11.1 Å². The van der Waals surface area contributed by atoms with Gasteiger partial charge in [0.1, 0.15) is 0 Å². The quantitative estimate of drug-likeness (QED) is 0.517. The van der Waals surface area contributed by atoms with Gasteiger partial charge >= 0.3 is 0 Å². The van der Waals surface area contributed by atoms with Gasteiger partial charge in [0, 0.05) is 0 Å². The SMILES string of the molecule is NCC12CCNCC1C2. The van der Waals surface area contributed by atoms with Crippen molar-refractivity contribution in [3.8, 4) is 0 Å². The lowest BCUT2D eigenvalue weighted by molar-refractivity contribution is 0.361. The zero-order valence-electron chi connectivity index (χ0n) is 5.69. The van der Waals surface area contributed by atoms with Crippen molar-refractivity contribution in [1.82, 2.24) is 5.32 Å². The molecule has 0 aromatic heterocycles. The van der Waals surface area contributed by atoms with E-state index in [0.717, 1.165) is 12.5 Å². The first-order chi connectivity index (χ1) is 4.37. The summed E-state index contributed by atoms with van der Waals surface area (Å²) in [6.45, 7) is 3.32. The maximum absolute atomic E-state index is 5.65. The summed E-state index contributed by atoms with van der Waals surface area (Å²) in [5.74, 6) is 0.927. The van der Waals surface area contributed by atoms with Crippen LogP contribution in [0.3, 0.4) is 0 Å². The van der Waals surface area contributed by atoms with Crippen LogP contribution in [0.1, 0.15) is 12.8 Å². The molecule has 3 N–H and O–H groups in total. The Hall–Kier alpha value is -0.0800. The van der Waals surface area contributed by atoms with Crippen molar-refractivity contribution in [3.05, 3.63) is 0 Å². The fourth-order valence-corrected chi connectivity index (χ4v) is 1.99. The summed E-state index contributed by atoms with van der Waals surface area (Å²) in [6, 6.07) is 0. The van der Waals surface area contributed by atoms with Crippen LogP contribution in [0.2, 0.25) is 0 Å². The number of hydrogen-bond acceptors (Lipinski definition) is 2. The van der Waals surface area contributed by atoms with Crippen LogP contribution in [-0.2, 0) is 0 Å². The summed E-state index contributed by atoms with van der Waals surface area (Å²) < 4.78 is 0. The third kappa shape index (κ3) is 0.700. The summed E-state index contributed by atoms with van der Waals surface area (Å²) in [5, 5.41) is 3.38. The zero-order chi connectivity index (χ0) is 6.32. The van der Waals surface area contributed by atoms with Crippen molar-refractivity contribution in [2.24, 2.45) is 17.1 Å². The number of rotatable bonds is 1. The second-order valence-electron chi connectivity index (χ2n) is 3.42. The first-order valence-corrected chi connectivity index (χ1v) is 3.78. The lowest BCUT2D eigenvalue weighted by Gasteiger charge is -2.20. The molecule has 0 radical (unpaired) electrons. The Morgan fingerprint density at radius 1 is 1.67 bits per heavy atom. The first kappa shape index (κ1) is 5.69. The molecule has 2 nitrogen and oxygen atoms in total. The van der Waals surface area contributed by atoms with Crippen molar-refractivity contribution < 1.29 is 0 Å². The molecular formula is C7H14N2. The normalized spacial score (nSPS) is 48.3. The highest BCUT2D eigenvalue weighted by Gasteiger charge is 2.53. The Morgan fingerprint density at radius 2 is 2.56 bits per heavy atom. The average molecular weight is 126 g/mol. The Labute approximate surface area is 55.8 Å². The molecule has 0 aromatic rings. The molecule has 0 bridgehead atoms. The fourth-order valence-electron chi connectivity index (χ4n) is 1.99. The van der Waals surface area contributed by atoms with Crippen LogP contribution in [-0.4, -0.2) is 19.6 Å². The molecule has 1 aliphatic carbocycles. The fraction of sp³-hybridized carbons (Fsp3) is 1.00. The average Bonchev–Trinajstić information content (AvgIpc) is 2.62. The van der Waals surface area contributed by atoms with Gasteiger partial charge in [0.2, 0.25) is 0 Å². The van der Waals surface area contributed by atoms with Gasteiger partial charge in [-0.1, -0.05) is 0 Å². The number of hydrogen-bond donors (Lipinski definition) is 2. The molecule has 2 aliphatic rings. The van der Waals surface area contributed by atoms with Crippen molar-refractivity contribution >= 4 is 0 Å². The van der Waals surface area contributed by atoms with E-state index in [4.69, 9.17) is 5.73 Å². The molecule has 9 heavy (non-hydrogen) atoms. The number of fused-ring (bicyclic) bond motifs is 1. The standard InChI is InChI=1S/C7H14N2/c8-5-7-1-2-9-4-6(7)3-7/h6,9H,1-5,8H2. The topological polar surface area (TPSA) is 38.0 Å². The van der Waals surface area contributed by atoms with Gasteiger partial charge in [0.25, 0.3) is 0 Å². The summed E-state index contributed by atoms with van der Waals surface area (Å²) >= 11 is 0. The van der Waals surface area contributed by atoms with Crippen molar-refractivity contribution in [3.63, 3.8) is 0 Å². The molecule has 1 heterocycles. The molecule has 2 heteroatoms. The van der Waals surface area contributed by atoms with Crippen LogP contribution in [0.5, 0.6) is 0 Å². The van der Waals surface area contributed by atoms with Gasteiger partial charge in [-0.3, -0.25) is 0 Å². The van der Waals surface area contributed by atoms with E-state index in [1.165, 1.54) is 25.9 Å². The molecule has 1 saturated carbocycles. The molecule has 0 amide bonds. The Morgan fingerprint density at radius 3 is 3.11 bits per heavy atom. The highest BCUT2D eigenvalue weighted by Crippen LogP contribution is 2.55. The largest absolute Gasteiger partial charge is 0.330 e. The van der Waals surface area contributed by atoms with E-state index in [0.29, 0.717) is 5.41 Å². The molecule has 2 atom stereocenters. The molecule has 0 spiro atoms. The smallest absolute Gasteiger partial charge is 0.00145 e. The number of piperidine rings is 1. The third-order valence-corrected chi connectivity index (χ3v) is 2.96. The maximum Gasteiger partial charge on any atom is -0.00145 e. The molecule has 2 unspecified atom stereocenters. The van der Waals surface area contributed by atoms with Crippen LogP contribution in [0.4, 0.5) is 0 Å². The van der Waals surface area contributed by atoms with Crippen LogP contribution in [0.25, 0.3) is 0 Å². The van der Waals surface area contributed by atoms with Crippen LogP contribution in [0.15, 0.2) is 0 Å². The highest BCUT2D eigenvalue weighted by molar-refractivity contribution is 5.06. The van der Waals surface area contributed by atoms with E-state index in [-0.39, 0.29) is 0 Å². The highest BCUT2D eigenvalue weighted by atomic mass is 14.9. The molecule has 1 saturated heterocycles. The van der Waals surface area contributed by atoms with E-state index < -0.39 is 0 Å². The minimum atomic E-state index is 0.602. The number of nitrogens with one attached hydrogen (secondary N) is 1. The lowest BCUT2D eigenvalue weighted by atomic mass is 9.97. The van der Waals surface area contributed by atoms with E-state index in [2.05, 4.69) is 5.32 Å². The predicted octanol–water partition coefficient (Wildman–Crippen LogP) is -0.0553. The van der Waals surface area contributed by atoms with Crippen LogP contribution in [0, 0.1) is 11.3 Å². The predicted molar refractivity (Wildman–Crippen MR) is 37.1 cm³/mol. The van der Waals surface area contributed by atoms with Crippen molar-refractivity contribution in [2.45, 2.75) is 12.8 Å². The van der Waals surface area contributed by atoms with E-state index >= 15 is 0 Å². The van der Waals surface area contributed by atoms with E-state index in [9.17, 15) is 0 Å². The van der Waals surface area contributed by atoms with Gasteiger partial charge in [-0.05, 0) is 43.8 Å². The zero-order valence-corrected chi connectivity index (χ0v) is 5.69. The minimum absolute atomic E-state index is 0.602. The Bertz CT molecular complexity index is 124. The van der Waals surface area contributed by atoms with Gasteiger partial charge in [0.15, 0.2) is 0 Å². The summed E-state index contributed by atoms with van der Waals surface area (Å²) in [5.41, 5.74) is 6.25. The van der Waals surface area contributed by atoms with E-state index in [1.54, 1.807) is 0 Å². The third-order valence-electron chi connectivity index (χ3n) is 2.96. The summed E-state index contributed by atoms with van der Waals surface area (Å²) in [4.78, 5) is 0.